The first-order chi connectivity index (χ1) is 8.18. The lowest BCUT2D eigenvalue weighted by Crippen LogP contribution is -2.03. The van der Waals surface area contributed by atoms with Crippen LogP contribution in [0.2, 0.25) is 0 Å². The Balaban J connectivity index is 3.65. The molecule has 1 unspecified atom stereocenters. The van der Waals surface area contributed by atoms with Gasteiger partial charge in [0.1, 0.15) is 6.61 Å². The molecule has 2 N–H and O–H groups in total. The summed E-state index contributed by atoms with van der Waals surface area (Å²) in [6.07, 6.45) is 8.02. The SMILES string of the molecule is [C-]#[N+]CCOP(=C)(OC)OCCCCCCN. The summed E-state index contributed by atoms with van der Waals surface area (Å²) >= 11 is 0. The highest BCUT2D eigenvalue weighted by Crippen LogP contribution is 2.47. The predicted octanol–water partition coefficient (Wildman–Crippen LogP) is 2.30. The fraction of sp³-hybridized carbons (Fsp3) is 0.818. The van der Waals surface area contributed by atoms with Crippen LogP contribution in [0.25, 0.3) is 4.85 Å². The van der Waals surface area contributed by atoms with Crippen molar-refractivity contribution in [3.63, 3.8) is 0 Å². The molecule has 0 rings (SSSR count). The highest BCUT2D eigenvalue weighted by atomic mass is 31.2. The lowest BCUT2D eigenvalue weighted by Gasteiger charge is -2.21. The van der Waals surface area contributed by atoms with Crippen LogP contribution in [0.5, 0.6) is 0 Å². The quantitative estimate of drug-likeness (QED) is 0.352. The van der Waals surface area contributed by atoms with E-state index in [-0.39, 0.29) is 0 Å². The molecular formula is C11H23N2O3P. The van der Waals surface area contributed by atoms with Crippen molar-refractivity contribution in [2.24, 2.45) is 5.73 Å². The summed E-state index contributed by atoms with van der Waals surface area (Å²) in [5.41, 5.74) is 5.40. The van der Waals surface area contributed by atoms with Crippen molar-refractivity contribution < 1.29 is 13.6 Å². The van der Waals surface area contributed by atoms with Gasteiger partial charge < -0.3 is 24.1 Å². The van der Waals surface area contributed by atoms with Crippen molar-refractivity contribution in [3.05, 3.63) is 11.4 Å². The van der Waals surface area contributed by atoms with Gasteiger partial charge in [0.25, 0.3) is 7.57 Å². The maximum Gasteiger partial charge on any atom is 0.250 e. The Morgan fingerprint density at radius 3 is 2.41 bits per heavy atom. The number of nitrogens with zero attached hydrogens (tertiary/aromatic N) is 1. The number of hydrogen-bond donors (Lipinski definition) is 1. The van der Waals surface area contributed by atoms with E-state index >= 15 is 0 Å². The molecule has 0 saturated heterocycles. The average Bonchev–Trinajstić information content (AvgIpc) is 2.34. The second-order valence-corrected chi connectivity index (χ2v) is 5.65. The second-order valence-electron chi connectivity index (χ2n) is 3.54. The van der Waals surface area contributed by atoms with Gasteiger partial charge in [-0.2, -0.15) is 0 Å². The molecule has 0 aromatic carbocycles. The summed E-state index contributed by atoms with van der Waals surface area (Å²) in [4.78, 5) is 3.20. The Labute approximate surface area is 104 Å². The van der Waals surface area contributed by atoms with E-state index in [1.165, 1.54) is 7.11 Å². The molecule has 5 nitrogen and oxygen atoms in total. The van der Waals surface area contributed by atoms with E-state index in [2.05, 4.69) is 11.1 Å². The normalized spacial score (nSPS) is 14.2. The van der Waals surface area contributed by atoms with Gasteiger partial charge in [0, 0.05) is 7.11 Å². The van der Waals surface area contributed by atoms with Gasteiger partial charge in [0.2, 0.25) is 6.54 Å². The summed E-state index contributed by atoms with van der Waals surface area (Å²) in [5.74, 6) is 0. The zero-order valence-corrected chi connectivity index (χ0v) is 11.5. The third-order valence-corrected chi connectivity index (χ3v) is 3.86. The molecule has 0 radical (unpaired) electrons. The molecule has 0 aromatic heterocycles. The van der Waals surface area contributed by atoms with Crippen LogP contribution in [0.1, 0.15) is 25.7 Å². The smallest absolute Gasteiger partial charge is 0.250 e. The highest BCUT2D eigenvalue weighted by molar-refractivity contribution is 7.59. The molecule has 0 bridgehead atoms. The van der Waals surface area contributed by atoms with Crippen LogP contribution < -0.4 is 5.73 Å². The third-order valence-electron chi connectivity index (χ3n) is 2.16. The van der Waals surface area contributed by atoms with E-state index in [4.69, 9.17) is 25.9 Å². The maximum absolute atomic E-state index is 6.65. The van der Waals surface area contributed by atoms with Crippen LogP contribution in [0, 0.1) is 6.57 Å². The number of rotatable bonds is 11. The molecule has 6 heteroatoms. The third kappa shape index (κ3) is 9.34. The van der Waals surface area contributed by atoms with Gasteiger partial charge in [-0.3, -0.25) is 0 Å². The fourth-order valence-electron chi connectivity index (χ4n) is 1.17. The lowest BCUT2D eigenvalue weighted by molar-refractivity contribution is 0.178. The molecule has 0 fully saturated rings. The van der Waals surface area contributed by atoms with Gasteiger partial charge >= 0.3 is 0 Å². The first-order valence-corrected chi connectivity index (χ1v) is 7.53. The van der Waals surface area contributed by atoms with Crippen molar-refractivity contribution in [2.45, 2.75) is 25.7 Å². The summed E-state index contributed by atoms with van der Waals surface area (Å²) in [7, 11) is -0.933. The number of nitrogens with two attached hydrogens (primary N) is 1. The van der Waals surface area contributed by atoms with E-state index < -0.39 is 7.57 Å². The zero-order valence-electron chi connectivity index (χ0n) is 10.6. The van der Waals surface area contributed by atoms with Crippen molar-refractivity contribution in [3.8, 4) is 0 Å². The summed E-state index contributed by atoms with van der Waals surface area (Å²) in [6, 6.07) is 0. The van der Waals surface area contributed by atoms with E-state index in [1.54, 1.807) is 0 Å². The van der Waals surface area contributed by atoms with Crippen molar-refractivity contribution in [1.29, 1.82) is 0 Å². The van der Waals surface area contributed by atoms with E-state index in [0.29, 0.717) is 19.8 Å². The lowest BCUT2D eigenvalue weighted by atomic mass is 10.2. The predicted molar refractivity (Wildman–Crippen MR) is 71.9 cm³/mol. The van der Waals surface area contributed by atoms with Crippen LogP contribution in [-0.4, -0.2) is 39.7 Å². The van der Waals surface area contributed by atoms with Crippen LogP contribution >= 0.6 is 7.57 Å². The van der Waals surface area contributed by atoms with Gasteiger partial charge in [0.05, 0.1) is 6.61 Å². The largest absolute Gasteiger partial charge is 0.330 e. The molecule has 0 saturated carbocycles. The van der Waals surface area contributed by atoms with Gasteiger partial charge in [-0.1, -0.05) is 12.8 Å². The minimum absolute atomic E-state index is 0.306. The van der Waals surface area contributed by atoms with Gasteiger partial charge in [-0.15, -0.1) is 0 Å². The molecule has 0 aliphatic heterocycles. The van der Waals surface area contributed by atoms with Crippen LogP contribution in [0.3, 0.4) is 0 Å². The molecular weight excluding hydrogens is 239 g/mol. The summed E-state index contributed by atoms with van der Waals surface area (Å²) in [6.45, 7) is 8.58. The number of unbranched alkanes of at least 4 members (excludes halogenated alkanes) is 3. The highest BCUT2D eigenvalue weighted by Gasteiger charge is 2.15. The molecule has 1 atom stereocenters. The molecule has 0 spiro atoms. The molecule has 17 heavy (non-hydrogen) atoms. The summed E-state index contributed by atoms with van der Waals surface area (Å²) in [5, 5.41) is 0. The average molecular weight is 262 g/mol. The zero-order chi connectivity index (χ0) is 13.0. The minimum Gasteiger partial charge on any atom is -0.330 e. The molecule has 0 aromatic rings. The second kappa shape index (κ2) is 10.8. The van der Waals surface area contributed by atoms with Crippen LogP contribution in [0.4, 0.5) is 0 Å². The Morgan fingerprint density at radius 1 is 1.18 bits per heavy atom. The number of hydrogen-bond acceptors (Lipinski definition) is 4. The van der Waals surface area contributed by atoms with E-state index in [0.717, 1.165) is 32.2 Å². The molecule has 100 valence electrons. The van der Waals surface area contributed by atoms with Gasteiger partial charge in [-0.25, -0.2) is 6.57 Å². The van der Waals surface area contributed by atoms with Gasteiger partial charge in [0.15, 0.2) is 0 Å². The van der Waals surface area contributed by atoms with E-state index in [9.17, 15) is 0 Å². The molecule has 0 amide bonds. The standard InChI is InChI=1S/C11H23N2O3P/c1-13-9-11-16-17(3,14-2)15-10-7-5-4-6-8-12/h3-12H2,2H3. The Hall–Kier alpha value is -0.370. The summed E-state index contributed by atoms with van der Waals surface area (Å²) < 4.78 is 16.0. The van der Waals surface area contributed by atoms with Crippen LogP contribution in [-0.2, 0) is 13.6 Å². The first-order valence-electron chi connectivity index (χ1n) is 5.80. The van der Waals surface area contributed by atoms with E-state index in [1.807, 2.05) is 0 Å². The maximum atomic E-state index is 6.65. The Morgan fingerprint density at radius 2 is 1.82 bits per heavy atom. The fourth-order valence-corrected chi connectivity index (χ4v) is 2.22. The first kappa shape index (κ1) is 16.6. The van der Waals surface area contributed by atoms with Crippen molar-refractivity contribution >= 4 is 13.9 Å². The Bertz CT molecular complexity index is 266. The minimum atomic E-state index is -2.45. The van der Waals surface area contributed by atoms with Crippen LogP contribution in [0.15, 0.2) is 0 Å². The molecule has 0 heterocycles. The Kier molecular flexibility index (Phi) is 10.5. The van der Waals surface area contributed by atoms with Crippen molar-refractivity contribution in [1.82, 2.24) is 0 Å². The molecule has 0 aliphatic rings. The topological polar surface area (TPSA) is 58.1 Å². The monoisotopic (exact) mass is 262 g/mol. The van der Waals surface area contributed by atoms with Crippen molar-refractivity contribution in [2.75, 3.05) is 33.4 Å². The molecule has 0 aliphatic carbocycles. The van der Waals surface area contributed by atoms with Gasteiger partial charge in [-0.05, 0) is 25.7 Å².